The molecule has 0 aliphatic rings. The molecule has 0 fully saturated rings. The van der Waals surface area contributed by atoms with Crippen molar-refractivity contribution in [3.05, 3.63) is 42.2 Å². The Balaban J connectivity index is 1.70. The number of nitrogens with zero attached hydrogens (tertiary/aromatic N) is 2. The van der Waals surface area contributed by atoms with Gasteiger partial charge in [-0.15, -0.1) is 0 Å². The fourth-order valence-corrected chi connectivity index (χ4v) is 2.01. The van der Waals surface area contributed by atoms with E-state index in [4.69, 9.17) is 5.73 Å². The van der Waals surface area contributed by atoms with E-state index >= 15 is 0 Å². The largest absolute Gasteiger partial charge is 0.399 e. The average molecular weight is 271 g/mol. The highest BCUT2D eigenvalue weighted by Gasteiger charge is 2.12. The number of H-pyrrole nitrogens is 1. The van der Waals surface area contributed by atoms with E-state index in [1.165, 1.54) is 6.39 Å². The van der Waals surface area contributed by atoms with Crippen LogP contribution in [0, 0.1) is 0 Å². The lowest BCUT2D eigenvalue weighted by molar-refractivity contribution is 0.0955. The number of benzene rings is 1. The Morgan fingerprint density at radius 3 is 3.15 bits per heavy atom. The van der Waals surface area contributed by atoms with Crippen LogP contribution < -0.4 is 11.1 Å². The Kier molecular flexibility index (Phi) is 3.08. The molecular formula is C13H13N5O2. The van der Waals surface area contributed by atoms with Crippen molar-refractivity contribution >= 4 is 22.5 Å². The molecule has 0 spiro atoms. The second-order valence-corrected chi connectivity index (χ2v) is 4.36. The zero-order valence-electron chi connectivity index (χ0n) is 10.6. The van der Waals surface area contributed by atoms with Gasteiger partial charge < -0.3 is 20.6 Å². The van der Waals surface area contributed by atoms with Crippen LogP contribution in [-0.2, 0) is 6.42 Å². The number of nitrogens with two attached hydrogens (primary N) is 1. The average Bonchev–Trinajstić information content (AvgIpc) is 3.07. The van der Waals surface area contributed by atoms with Gasteiger partial charge in [-0.1, -0.05) is 5.16 Å². The number of anilines is 1. The zero-order valence-corrected chi connectivity index (χ0v) is 10.6. The Morgan fingerprint density at radius 1 is 1.45 bits per heavy atom. The molecule has 20 heavy (non-hydrogen) atoms. The van der Waals surface area contributed by atoms with Crippen molar-refractivity contribution in [3.8, 4) is 0 Å². The van der Waals surface area contributed by atoms with E-state index in [0.717, 1.165) is 10.9 Å². The number of rotatable bonds is 4. The van der Waals surface area contributed by atoms with Gasteiger partial charge in [0.15, 0.2) is 5.82 Å². The van der Waals surface area contributed by atoms with E-state index in [9.17, 15) is 4.79 Å². The van der Waals surface area contributed by atoms with Crippen molar-refractivity contribution in [2.45, 2.75) is 6.42 Å². The summed E-state index contributed by atoms with van der Waals surface area (Å²) in [7, 11) is 0. The molecular weight excluding hydrogens is 258 g/mol. The first-order chi connectivity index (χ1) is 9.74. The predicted molar refractivity (Wildman–Crippen MR) is 73.0 cm³/mol. The van der Waals surface area contributed by atoms with E-state index in [2.05, 4.69) is 25.0 Å². The molecule has 7 nitrogen and oxygen atoms in total. The molecule has 3 aromatic rings. The molecule has 3 rings (SSSR count). The number of hydrogen-bond acceptors (Lipinski definition) is 5. The van der Waals surface area contributed by atoms with Crippen LogP contribution in [0.5, 0.6) is 0 Å². The fraction of sp³-hybridized carbons (Fsp3) is 0.154. The monoisotopic (exact) mass is 271 g/mol. The van der Waals surface area contributed by atoms with Crippen LogP contribution in [0.2, 0.25) is 0 Å². The number of aromatic nitrogens is 3. The molecule has 1 amide bonds. The van der Waals surface area contributed by atoms with Gasteiger partial charge in [-0.25, -0.2) is 0 Å². The molecule has 0 atom stereocenters. The van der Waals surface area contributed by atoms with Crippen LogP contribution in [0.1, 0.15) is 16.2 Å². The van der Waals surface area contributed by atoms with Crippen LogP contribution in [0.3, 0.4) is 0 Å². The predicted octanol–water partition coefficient (Wildman–Crippen LogP) is 1.11. The van der Waals surface area contributed by atoms with Gasteiger partial charge in [0.05, 0.1) is 5.56 Å². The number of nitrogens with one attached hydrogen (secondary N) is 2. The third-order valence-electron chi connectivity index (χ3n) is 2.99. The van der Waals surface area contributed by atoms with Gasteiger partial charge in [-0.3, -0.25) is 4.79 Å². The number of carbonyl (C=O) groups excluding carboxylic acids is 1. The molecule has 0 aliphatic carbocycles. The van der Waals surface area contributed by atoms with Crippen molar-refractivity contribution < 1.29 is 9.32 Å². The SMILES string of the molecule is Nc1ccc2[nH]cc(C(=O)NCCc3ncon3)c2c1. The van der Waals surface area contributed by atoms with Crippen LogP contribution in [0.25, 0.3) is 10.9 Å². The summed E-state index contributed by atoms with van der Waals surface area (Å²) >= 11 is 0. The molecule has 1 aromatic carbocycles. The number of amides is 1. The van der Waals surface area contributed by atoms with Crippen LogP contribution >= 0.6 is 0 Å². The van der Waals surface area contributed by atoms with Crippen LogP contribution in [0.15, 0.2) is 35.3 Å². The second kappa shape index (κ2) is 5.04. The highest BCUT2D eigenvalue weighted by Crippen LogP contribution is 2.20. The highest BCUT2D eigenvalue weighted by atomic mass is 16.5. The molecule has 2 heterocycles. The zero-order chi connectivity index (χ0) is 13.9. The molecule has 4 N–H and O–H groups in total. The van der Waals surface area contributed by atoms with Crippen LogP contribution in [0.4, 0.5) is 5.69 Å². The highest BCUT2D eigenvalue weighted by molar-refractivity contribution is 6.07. The first kappa shape index (κ1) is 12.2. The minimum atomic E-state index is -0.162. The van der Waals surface area contributed by atoms with E-state index in [1.807, 2.05) is 6.07 Å². The third-order valence-corrected chi connectivity index (χ3v) is 2.99. The van der Waals surface area contributed by atoms with E-state index in [0.29, 0.717) is 30.0 Å². The molecule has 0 radical (unpaired) electrons. The third kappa shape index (κ3) is 2.33. The van der Waals surface area contributed by atoms with Gasteiger partial charge in [0.1, 0.15) is 0 Å². The summed E-state index contributed by atoms with van der Waals surface area (Å²) in [6.07, 6.45) is 3.46. The minimum absolute atomic E-state index is 0.162. The number of fused-ring (bicyclic) bond motifs is 1. The first-order valence-corrected chi connectivity index (χ1v) is 6.14. The van der Waals surface area contributed by atoms with Gasteiger partial charge in [0, 0.05) is 35.8 Å². The van der Waals surface area contributed by atoms with Gasteiger partial charge in [-0.05, 0) is 18.2 Å². The summed E-state index contributed by atoms with van der Waals surface area (Å²) in [4.78, 5) is 19.1. The summed E-state index contributed by atoms with van der Waals surface area (Å²) in [5.41, 5.74) is 7.81. The van der Waals surface area contributed by atoms with Crippen molar-refractivity contribution in [2.75, 3.05) is 12.3 Å². The lowest BCUT2D eigenvalue weighted by Crippen LogP contribution is -2.25. The lowest BCUT2D eigenvalue weighted by atomic mass is 10.1. The van der Waals surface area contributed by atoms with Crippen molar-refractivity contribution in [1.29, 1.82) is 0 Å². The Bertz CT molecular complexity index is 732. The maximum absolute atomic E-state index is 12.1. The second-order valence-electron chi connectivity index (χ2n) is 4.36. The Labute approximate surface area is 114 Å². The maximum atomic E-state index is 12.1. The number of hydrogen-bond donors (Lipinski definition) is 3. The summed E-state index contributed by atoms with van der Waals surface area (Å²) in [6.45, 7) is 0.438. The smallest absolute Gasteiger partial charge is 0.253 e. The molecule has 0 bridgehead atoms. The van der Waals surface area contributed by atoms with Gasteiger partial charge in [0.2, 0.25) is 6.39 Å². The van der Waals surface area contributed by atoms with E-state index in [1.54, 1.807) is 18.3 Å². The van der Waals surface area contributed by atoms with Crippen molar-refractivity contribution in [3.63, 3.8) is 0 Å². The van der Waals surface area contributed by atoms with Crippen molar-refractivity contribution in [1.82, 2.24) is 20.4 Å². The minimum Gasteiger partial charge on any atom is -0.399 e. The molecule has 0 unspecified atom stereocenters. The van der Waals surface area contributed by atoms with Crippen LogP contribution in [-0.4, -0.2) is 27.6 Å². The van der Waals surface area contributed by atoms with E-state index in [-0.39, 0.29) is 5.91 Å². The van der Waals surface area contributed by atoms with E-state index < -0.39 is 0 Å². The molecule has 102 valence electrons. The molecule has 0 saturated heterocycles. The Hall–Kier alpha value is -2.83. The molecule has 7 heteroatoms. The standard InChI is InChI=1S/C13H13N5O2/c14-8-1-2-11-9(5-8)10(6-16-11)13(19)15-4-3-12-17-7-20-18-12/h1-2,5-7,16H,3-4,14H2,(H,15,19). The summed E-state index contributed by atoms with van der Waals surface area (Å²) in [5, 5.41) is 7.30. The molecule has 0 aliphatic heterocycles. The molecule has 0 saturated carbocycles. The normalized spacial score (nSPS) is 10.8. The van der Waals surface area contributed by atoms with Gasteiger partial charge >= 0.3 is 0 Å². The number of nitrogen functional groups attached to an aromatic ring is 1. The summed E-state index contributed by atoms with van der Waals surface area (Å²) in [6, 6.07) is 5.41. The fourth-order valence-electron chi connectivity index (χ4n) is 2.01. The first-order valence-electron chi connectivity index (χ1n) is 6.14. The topological polar surface area (TPSA) is 110 Å². The lowest BCUT2D eigenvalue weighted by Gasteiger charge is -2.02. The number of aromatic amines is 1. The quantitative estimate of drug-likeness (QED) is 0.615. The summed E-state index contributed by atoms with van der Waals surface area (Å²) < 4.78 is 4.62. The summed E-state index contributed by atoms with van der Waals surface area (Å²) in [5.74, 6) is 0.402. The molecule has 2 aromatic heterocycles. The van der Waals surface area contributed by atoms with Crippen molar-refractivity contribution in [2.24, 2.45) is 0 Å². The maximum Gasteiger partial charge on any atom is 0.253 e. The Morgan fingerprint density at radius 2 is 2.35 bits per heavy atom. The van der Waals surface area contributed by atoms with Gasteiger partial charge in [0.25, 0.3) is 5.91 Å². The number of carbonyl (C=O) groups is 1. The van der Waals surface area contributed by atoms with Gasteiger partial charge in [-0.2, -0.15) is 4.98 Å².